The first-order chi connectivity index (χ1) is 5.29. The highest BCUT2D eigenvalue weighted by atomic mass is 79.9. The summed E-state index contributed by atoms with van der Waals surface area (Å²) in [6.45, 7) is 0. The van der Waals surface area contributed by atoms with Crippen molar-refractivity contribution in [2.75, 3.05) is 5.75 Å². The maximum atomic E-state index is 9.51. The molecule has 0 amide bonds. The van der Waals surface area contributed by atoms with Crippen molar-refractivity contribution in [3.63, 3.8) is 0 Å². The minimum atomic E-state index is -0.287. The van der Waals surface area contributed by atoms with Crippen molar-refractivity contribution in [2.45, 2.75) is 11.0 Å². The molecule has 0 spiro atoms. The molecule has 0 saturated carbocycles. The second-order valence-electron chi connectivity index (χ2n) is 2.48. The van der Waals surface area contributed by atoms with Gasteiger partial charge in [-0.15, -0.1) is 11.8 Å². The first kappa shape index (κ1) is 7.65. The Hall–Kier alpha value is 0.01000. The highest BCUT2D eigenvalue weighted by Crippen LogP contribution is 2.41. The van der Waals surface area contributed by atoms with Crippen LogP contribution in [0.2, 0.25) is 0 Å². The highest BCUT2D eigenvalue weighted by molar-refractivity contribution is 9.10. The second kappa shape index (κ2) is 2.81. The molecule has 3 heteroatoms. The van der Waals surface area contributed by atoms with E-state index in [1.807, 2.05) is 18.2 Å². The van der Waals surface area contributed by atoms with Crippen molar-refractivity contribution >= 4 is 27.7 Å². The third-order valence-corrected chi connectivity index (χ3v) is 3.58. The average Bonchev–Trinajstić information content (AvgIpc) is 2.34. The van der Waals surface area contributed by atoms with E-state index in [2.05, 4.69) is 15.9 Å². The van der Waals surface area contributed by atoms with Crippen molar-refractivity contribution in [3.8, 4) is 0 Å². The molecule has 1 nitrogen and oxygen atoms in total. The summed E-state index contributed by atoms with van der Waals surface area (Å²) in [4.78, 5) is 1.20. The maximum absolute atomic E-state index is 9.51. The SMILES string of the molecule is OC1CSc2cccc(Br)c21. The first-order valence-electron chi connectivity index (χ1n) is 3.38. The second-order valence-corrected chi connectivity index (χ2v) is 4.39. The molecule has 0 radical (unpaired) electrons. The van der Waals surface area contributed by atoms with Crippen LogP contribution in [0.4, 0.5) is 0 Å². The Morgan fingerprint density at radius 3 is 3.09 bits per heavy atom. The molecule has 1 aliphatic rings. The van der Waals surface area contributed by atoms with Gasteiger partial charge in [-0.2, -0.15) is 0 Å². The van der Waals surface area contributed by atoms with E-state index < -0.39 is 0 Å². The number of hydrogen-bond donors (Lipinski definition) is 1. The molecule has 11 heavy (non-hydrogen) atoms. The van der Waals surface area contributed by atoms with E-state index >= 15 is 0 Å². The van der Waals surface area contributed by atoms with Crippen molar-refractivity contribution in [1.29, 1.82) is 0 Å². The summed E-state index contributed by atoms with van der Waals surface area (Å²) in [5.74, 6) is 0.790. The van der Waals surface area contributed by atoms with Gasteiger partial charge >= 0.3 is 0 Å². The van der Waals surface area contributed by atoms with Crippen LogP contribution in [-0.2, 0) is 0 Å². The third-order valence-electron chi connectivity index (χ3n) is 1.74. The number of benzene rings is 1. The molecule has 0 saturated heterocycles. The van der Waals surface area contributed by atoms with Crippen molar-refractivity contribution < 1.29 is 5.11 Å². The zero-order chi connectivity index (χ0) is 7.84. The van der Waals surface area contributed by atoms with Crippen LogP contribution < -0.4 is 0 Å². The zero-order valence-electron chi connectivity index (χ0n) is 5.75. The Balaban J connectivity index is 2.58. The van der Waals surface area contributed by atoms with Crippen LogP contribution in [-0.4, -0.2) is 10.9 Å². The van der Waals surface area contributed by atoms with Gasteiger partial charge in [-0.3, -0.25) is 0 Å². The van der Waals surface area contributed by atoms with Gasteiger partial charge in [0.2, 0.25) is 0 Å². The van der Waals surface area contributed by atoms with Gasteiger partial charge in [0.25, 0.3) is 0 Å². The number of aliphatic hydroxyl groups excluding tert-OH is 1. The molecule has 1 heterocycles. The van der Waals surface area contributed by atoms with Gasteiger partial charge in [0.05, 0.1) is 6.10 Å². The molecular weight excluding hydrogens is 224 g/mol. The van der Waals surface area contributed by atoms with Gasteiger partial charge in [-0.1, -0.05) is 22.0 Å². The van der Waals surface area contributed by atoms with Crippen LogP contribution in [0.15, 0.2) is 27.6 Å². The van der Waals surface area contributed by atoms with Gasteiger partial charge in [0.15, 0.2) is 0 Å². The van der Waals surface area contributed by atoms with Gasteiger partial charge in [0.1, 0.15) is 0 Å². The summed E-state index contributed by atoms with van der Waals surface area (Å²) in [7, 11) is 0. The lowest BCUT2D eigenvalue weighted by Gasteiger charge is -2.03. The zero-order valence-corrected chi connectivity index (χ0v) is 8.15. The Morgan fingerprint density at radius 2 is 2.36 bits per heavy atom. The summed E-state index contributed by atoms with van der Waals surface area (Å²) >= 11 is 5.12. The van der Waals surface area contributed by atoms with E-state index in [-0.39, 0.29) is 6.10 Å². The smallest absolute Gasteiger partial charge is 0.0905 e. The third kappa shape index (κ3) is 1.21. The van der Waals surface area contributed by atoms with Gasteiger partial charge in [0, 0.05) is 20.7 Å². The maximum Gasteiger partial charge on any atom is 0.0905 e. The van der Waals surface area contributed by atoms with Crippen LogP contribution in [0.1, 0.15) is 11.7 Å². The fraction of sp³-hybridized carbons (Fsp3) is 0.250. The Labute approximate surface area is 77.9 Å². The first-order valence-corrected chi connectivity index (χ1v) is 5.16. The molecule has 1 N–H and O–H groups in total. The molecular formula is C8H7BrOS. The van der Waals surface area contributed by atoms with Crippen molar-refractivity contribution in [3.05, 3.63) is 28.2 Å². The molecule has 1 aromatic rings. The number of thioether (sulfide) groups is 1. The molecule has 0 bridgehead atoms. The average molecular weight is 231 g/mol. The minimum absolute atomic E-state index is 0.287. The molecule has 0 aromatic heterocycles. The fourth-order valence-electron chi connectivity index (χ4n) is 1.22. The number of aliphatic hydroxyl groups is 1. The van der Waals surface area contributed by atoms with Crippen LogP contribution >= 0.6 is 27.7 Å². The van der Waals surface area contributed by atoms with E-state index in [0.29, 0.717) is 0 Å². The summed E-state index contributed by atoms with van der Waals surface area (Å²) in [5, 5.41) is 9.51. The van der Waals surface area contributed by atoms with Crippen molar-refractivity contribution in [1.82, 2.24) is 0 Å². The Bertz CT molecular complexity index is 287. The number of rotatable bonds is 0. The highest BCUT2D eigenvalue weighted by Gasteiger charge is 2.22. The lowest BCUT2D eigenvalue weighted by molar-refractivity contribution is 0.204. The normalized spacial score (nSPS) is 21.8. The molecule has 2 rings (SSSR count). The molecule has 0 fully saturated rings. The lowest BCUT2D eigenvalue weighted by Crippen LogP contribution is -1.94. The van der Waals surface area contributed by atoms with Crippen LogP contribution in [0.5, 0.6) is 0 Å². The quantitative estimate of drug-likeness (QED) is 0.740. The van der Waals surface area contributed by atoms with E-state index in [0.717, 1.165) is 15.8 Å². The largest absolute Gasteiger partial charge is 0.387 e. The minimum Gasteiger partial charge on any atom is -0.387 e. The molecule has 1 atom stereocenters. The molecule has 0 aliphatic carbocycles. The number of hydrogen-bond acceptors (Lipinski definition) is 2. The molecule has 58 valence electrons. The standard InChI is InChI=1S/C8H7BrOS/c9-5-2-1-3-7-8(5)6(10)4-11-7/h1-3,6,10H,4H2. The summed E-state index contributed by atoms with van der Waals surface area (Å²) < 4.78 is 1.02. The predicted molar refractivity (Wildman–Crippen MR) is 49.8 cm³/mol. The van der Waals surface area contributed by atoms with Crippen LogP contribution in [0.3, 0.4) is 0 Å². The van der Waals surface area contributed by atoms with E-state index in [4.69, 9.17) is 0 Å². The fourth-order valence-corrected chi connectivity index (χ4v) is 3.06. The van der Waals surface area contributed by atoms with Crippen molar-refractivity contribution in [2.24, 2.45) is 0 Å². The van der Waals surface area contributed by atoms with Gasteiger partial charge in [-0.25, -0.2) is 0 Å². The van der Waals surface area contributed by atoms with Gasteiger partial charge in [-0.05, 0) is 12.1 Å². The molecule has 1 aromatic carbocycles. The van der Waals surface area contributed by atoms with E-state index in [9.17, 15) is 5.11 Å². The van der Waals surface area contributed by atoms with E-state index in [1.165, 1.54) is 4.90 Å². The number of halogens is 1. The van der Waals surface area contributed by atoms with E-state index in [1.54, 1.807) is 11.8 Å². The number of fused-ring (bicyclic) bond motifs is 1. The predicted octanol–water partition coefficient (Wildman–Crippen LogP) is 2.59. The van der Waals surface area contributed by atoms with Crippen LogP contribution in [0, 0.1) is 0 Å². The topological polar surface area (TPSA) is 20.2 Å². The van der Waals surface area contributed by atoms with Gasteiger partial charge < -0.3 is 5.11 Å². The summed E-state index contributed by atoms with van der Waals surface area (Å²) in [6, 6.07) is 6.00. The van der Waals surface area contributed by atoms with Crippen LogP contribution in [0.25, 0.3) is 0 Å². The molecule has 1 aliphatic heterocycles. The Kier molecular flexibility index (Phi) is 1.95. The summed E-state index contributed by atoms with van der Waals surface area (Å²) in [5.41, 5.74) is 1.05. The lowest BCUT2D eigenvalue weighted by atomic mass is 10.1. The molecule has 1 unspecified atom stereocenters. The summed E-state index contributed by atoms with van der Waals surface area (Å²) in [6.07, 6.45) is -0.287. The Morgan fingerprint density at radius 1 is 1.55 bits per heavy atom. The monoisotopic (exact) mass is 230 g/mol.